The molecule has 2 aliphatic rings. The van der Waals surface area contributed by atoms with E-state index >= 15 is 0 Å². The number of hydrogen-bond donors (Lipinski definition) is 0. The average Bonchev–Trinajstić information content (AvgIpc) is 2.68. The summed E-state index contributed by atoms with van der Waals surface area (Å²) in [5.74, 6) is 2.63. The van der Waals surface area contributed by atoms with Crippen LogP contribution in [0.15, 0.2) is 21.5 Å². The first-order valence-electron chi connectivity index (χ1n) is 7.89. The molecule has 22 heavy (non-hydrogen) atoms. The molecule has 2 atom stereocenters. The highest BCUT2D eigenvalue weighted by Crippen LogP contribution is 2.34. The monoisotopic (exact) mass is 324 g/mol. The van der Waals surface area contributed by atoms with Crippen molar-refractivity contribution < 1.29 is 13.4 Å². The zero-order valence-electron chi connectivity index (χ0n) is 15.2. The molecule has 2 heterocycles. The quantitative estimate of drug-likeness (QED) is 0.577. The summed E-state index contributed by atoms with van der Waals surface area (Å²) < 4.78 is 1.82. The third-order valence-electron chi connectivity index (χ3n) is 4.51. The molecule has 0 bridgehead atoms. The molecule has 0 amide bonds. The minimum Gasteiger partial charge on any atom is -0.235 e. The summed E-state index contributed by atoms with van der Waals surface area (Å²) >= 11 is 5.89. The van der Waals surface area contributed by atoms with E-state index in [1.165, 1.54) is 0 Å². The fourth-order valence-electron chi connectivity index (χ4n) is 3.18. The van der Waals surface area contributed by atoms with Gasteiger partial charge in [0.25, 0.3) is 5.82 Å². The van der Waals surface area contributed by atoms with Crippen molar-refractivity contribution in [2.24, 2.45) is 15.9 Å². The third kappa shape index (κ3) is 2.69. The summed E-state index contributed by atoms with van der Waals surface area (Å²) in [6.45, 7) is 5.47. The molecular weight excluding hydrogens is 294 g/mol. The summed E-state index contributed by atoms with van der Waals surface area (Å²) in [5, 5.41) is 0. The molecule has 0 radical (unpaired) electrons. The molecule has 2 rings (SSSR count). The fourth-order valence-corrected chi connectivity index (χ4v) is 3.48. The second-order valence-corrected chi connectivity index (χ2v) is 8.46. The van der Waals surface area contributed by atoms with E-state index in [-0.39, 0.29) is 0 Å². The van der Waals surface area contributed by atoms with Crippen LogP contribution in [0.1, 0.15) is 20.3 Å². The van der Waals surface area contributed by atoms with Gasteiger partial charge < -0.3 is 0 Å². The highest BCUT2D eigenvalue weighted by molar-refractivity contribution is 7.80. The van der Waals surface area contributed by atoms with Crippen molar-refractivity contribution in [1.29, 1.82) is 0 Å². The number of quaternary nitrogens is 3. The van der Waals surface area contributed by atoms with Crippen LogP contribution in [0.5, 0.6) is 0 Å². The Balaban J connectivity index is 2.60. The minimum atomic E-state index is 0.558. The van der Waals surface area contributed by atoms with Crippen LogP contribution in [0, 0.1) is 5.92 Å². The van der Waals surface area contributed by atoms with Crippen molar-refractivity contribution in [2.45, 2.75) is 20.3 Å². The van der Waals surface area contributed by atoms with Gasteiger partial charge in [0.1, 0.15) is 0 Å². The first-order chi connectivity index (χ1) is 9.93. The molecule has 0 saturated heterocycles. The normalized spacial score (nSPS) is 28.7. The van der Waals surface area contributed by atoms with Crippen LogP contribution in [0.2, 0.25) is 0 Å². The topological polar surface area (TPSA) is 24.7 Å². The van der Waals surface area contributed by atoms with Gasteiger partial charge in [0.2, 0.25) is 10.7 Å². The molecule has 6 heteroatoms. The van der Waals surface area contributed by atoms with E-state index in [2.05, 4.69) is 61.1 Å². The van der Waals surface area contributed by atoms with Gasteiger partial charge in [-0.25, -0.2) is 8.97 Å². The molecule has 0 aromatic heterocycles. The molecule has 0 N–H and O–H groups in total. The van der Waals surface area contributed by atoms with Gasteiger partial charge in [-0.15, -0.1) is 0 Å². The van der Waals surface area contributed by atoms with Crippen LogP contribution in [0.25, 0.3) is 0 Å². The minimum absolute atomic E-state index is 0.558. The lowest BCUT2D eigenvalue weighted by atomic mass is 10.1. The first kappa shape index (κ1) is 17.4. The number of hydrogen-bond acceptors (Lipinski definition) is 3. The van der Waals surface area contributed by atoms with Gasteiger partial charge in [-0.3, -0.25) is 0 Å². The molecule has 0 aromatic rings. The predicted molar refractivity (Wildman–Crippen MR) is 96.2 cm³/mol. The lowest BCUT2D eigenvalue weighted by Crippen LogP contribution is -2.66. The molecule has 0 spiro atoms. The number of rotatable bonds is 3. The van der Waals surface area contributed by atoms with Gasteiger partial charge in [0.05, 0.1) is 48.8 Å². The van der Waals surface area contributed by atoms with Gasteiger partial charge in [0, 0.05) is 5.92 Å². The zero-order valence-corrected chi connectivity index (χ0v) is 16.0. The van der Waals surface area contributed by atoms with Crippen molar-refractivity contribution in [1.82, 2.24) is 0 Å². The molecule has 122 valence electrons. The van der Waals surface area contributed by atoms with E-state index in [4.69, 9.17) is 17.2 Å². The molecular formula is C16H30N5S+3. The van der Waals surface area contributed by atoms with Crippen molar-refractivity contribution in [3.05, 3.63) is 11.5 Å². The van der Waals surface area contributed by atoms with Crippen molar-refractivity contribution in [2.75, 3.05) is 48.8 Å². The van der Waals surface area contributed by atoms with Crippen LogP contribution in [0.3, 0.4) is 0 Å². The third-order valence-corrected chi connectivity index (χ3v) is 5.10. The van der Waals surface area contributed by atoms with Crippen LogP contribution in [0.4, 0.5) is 0 Å². The molecule has 0 saturated carbocycles. The average molecular weight is 325 g/mol. The smallest absolute Gasteiger partial charge is 0.235 e. The Hall–Kier alpha value is -0.950. The summed E-state index contributed by atoms with van der Waals surface area (Å²) in [4.78, 5) is 10.5. The van der Waals surface area contributed by atoms with Crippen LogP contribution < -0.4 is 0 Å². The van der Waals surface area contributed by atoms with E-state index in [9.17, 15) is 0 Å². The highest BCUT2D eigenvalue weighted by atomic mass is 32.1. The number of likely N-dealkylation sites (N-methyl/N-ethyl adjacent to an activating group) is 1. The first-order valence-corrected chi connectivity index (χ1v) is 8.29. The largest absolute Gasteiger partial charge is 0.409 e. The van der Waals surface area contributed by atoms with Gasteiger partial charge in [-0.05, 0) is 18.6 Å². The van der Waals surface area contributed by atoms with Gasteiger partial charge in [-0.2, -0.15) is 9.48 Å². The Morgan fingerprint density at radius 2 is 1.82 bits per heavy atom. The Labute approximate surface area is 140 Å². The molecule has 0 fully saturated rings. The maximum Gasteiger partial charge on any atom is 0.409 e. The van der Waals surface area contributed by atoms with Crippen LogP contribution in [-0.4, -0.2) is 79.6 Å². The van der Waals surface area contributed by atoms with Crippen molar-refractivity contribution in [3.8, 4) is 0 Å². The second kappa shape index (κ2) is 5.30. The van der Waals surface area contributed by atoms with E-state index in [0.29, 0.717) is 19.4 Å². The Bertz CT molecular complexity index is 594. The van der Waals surface area contributed by atoms with Gasteiger partial charge in [0.15, 0.2) is 6.34 Å². The SMILES string of the molecule is CCC(C)C[N+]1(C)C(=S)C2=C(N=C1[N+](C)(C)C)[N+](C)(C)C=N2. The standard InChI is InChI=1S/C16H30N5S/c1-9-12(2)10-21(8)15(22)13-14(20(6,7)11-17-13)18-16(21)19(3,4)5/h11-12H,9-10H2,1-8H3/q+3. The fraction of sp³-hybridized carbons (Fsp3) is 0.688. The Morgan fingerprint density at radius 3 is 2.32 bits per heavy atom. The lowest BCUT2D eigenvalue weighted by molar-refractivity contribution is -0.885. The maximum absolute atomic E-state index is 5.89. The summed E-state index contributed by atoms with van der Waals surface area (Å²) in [7, 11) is 12.9. The van der Waals surface area contributed by atoms with Gasteiger partial charge >= 0.3 is 5.96 Å². The summed E-state index contributed by atoms with van der Waals surface area (Å²) in [6, 6.07) is 0. The van der Waals surface area contributed by atoms with E-state index in [1.54, 1.807) is 0 Å². The molecule has 2 aliphatic heterocycles. The molecule has 5 nitrogen and oxygen atoms in total. The van der Waals surface area contributed by atoms with Crippen LogP contribution >= 0.6 is 12.2 Å². The van der Waals surface area contributed by atoms with E-state index < -0.39 is 0 Å². The summed E-state index contributed by atoms with van der Waals surface area (Å²) in [5.41, 5.74) is 0.892. The van der Waals surface area contributed by atoms with Crippen LogP contribution in [-0.2, 0) is 0 Å². The number of guanidine groups is 1. The van der Waals surface area contributed by atoms with E-state index in [0.717, 1.165) is 35.4 Å². The maximum atomic E-state index is 5.89. The number of nitrogens with zero attached hydrogens (tertiary/aromatic N) is 5. The highest BCUT2D eigenvalue weighted by Gasteiger charge is 2.54. The zero-order chi connectivity index (χ0) is 16.9. The number of thiocarbonyl (C=S) groups is 1. The Kier molecular flexibility index (Phi) is 4.19. The summed E-state index contributed by atoms with van der Waals surface area (Å²) in [6.07, 6.45) is 3.06. The lowest BCUT2D eigenvalue weighted by Gasteiger charge is -2.40. The second-order valence-electron chi connectivity index (χ2n) is 8.07. The number of aliphatic imine (C=N–C) groups is 2. The predicted octanol–water partition coefficient (Wildman–Crippen LogP) is 2.17. The van der Waals surface area contributed by atoms with Gasteiger partial charge in [-0.1, -0.05) is 18.8 Å². The molecule has 0 aromatic carbocycles. The Morgan fingerprint density at radius 1 is 1.23 bits per heavy atom. The van der Waals surface area contributed by atoms with E-state index in [1.807, 2.05) is 6.34 Å². The van der Waals surface area contributed by atoms with Crippen molar-refractivity contribution in [3.63, 3.8) is 0 Å². The van der Waals surface area contributed by atoms with Crippen molar-refractivity contribution >= 4 is 29.5 Å². The molecule has 2 unspecified atom stereocenters. The molecule has 0 aliphatic carbocycles.